The molecule has 14 heavy (non-hydrogen) atoms. The van der Waals surface area contributed by atoms with E-state index in [9.17, 15) is 0 Å². The minimum Gasteiger partial charge on any atom is -0.357 e. The van der Waals surface area contributed by atoms with Crippen LogP contribution in [-0.2, 0) is 0 Å². The van der Waals surface area contributed by atoms with Crippen molar-refractivity contribution in [3.8, 4) is 0 Å². The fraction of sp³-hybridized carbons (Fsp3) is 0.0909. The molecule has 0 bridgehead atoms. The van der Waals surface area contributed by atoms with Crippen LogP contribution in [0.5, 0.6) is 0 Å². The molecule has 3 heterocycles. The van der Waals surface area contributed by atoms with Crippen molar-refractivity contribution in [1.82, 2.24) is 5.32 Å². The zero-order valence-electron chi connectivity index (χ0n) is 7.49. The second kappa shape index (κ2) is 3.41. The molecule has 3 rings (SSSR count). The van der Waals surface area contributed by atoms with Crippen LogP contribution in [0.2, 0.25) is 0 Å². The third-order valence-electron chi connectivity index (χ3n) is 2.26. The highest BCUT2D eigenvalue weighted by molar-refractivity contribution is 8.07. The molecule has 0 aromatic carbocycles. The van der Waals surface area contributed by atoms with Gasteiger partial charge >= 0.3 is 0 Å². The third kappa shape index (κ3) is 1.37. The minimum absolute atomic E-state index is 1.03. The number of hydrogen-bond donors (Lipinski definition) is 1. The smallest absolute Gasteiger partial charge is 0.0524 e. The second-order valence-electron chi connectivity index (χ2n) is 3.20. The fourth-order valence-electron chi connectivity index (χ4n) is 1.58. The average Bonchev–Trinajstić information content (AvgIpc) is 2.26. The lowest BCUT2D eigenvalue weighted by molar-refractivity contribution is 0.928. The summed E-state index contributed by atoms with van der Waals surface area (Å²) < 4.78 is 0. The first kappa shape index (κ1) is 8.50. The van der Waals surface area contributed by atoms with E-state index >= 15 is 0 Å². The Morgan fingerprint density at radius 1 is 1.21 bits per heavy atom. The van der Waals surface area contributed by atoms with Crippen LogP contribution < -0.4 is 5.32 Å². The summed E-state index contributed by atoms with van der Waals surface area (Å²) in [5.74, 6) is 0. The van der Waals surface area contributed by atoms with Crippen LogP contribution in [0.3, 0.4) is 0 Å². The van der Waals surface area contributed by atoms with Crippen molar-refractivity contribution in [3.05, 3.63) is 56.3 Å². The van der Waals surface area contributed by atoms with E-state index in [4.69, 9.17) is 0 Å². The van der Waals surface area contributed by atoms with E-state index in [0.717, 1.165) is 6.42 Å². The van der Waals surface area contributed by atoms with Gasteiger partial charge in [0.25, 0.3) is 0 Å². The van der Waals surface area contributed by atoms with Crippen molar-refractivity contribution in [2.45, 2.75) is 6.42 Å². The van der Waals surface area contributed by atoms with Crippen molar-refractivity contribution in [2.24, 2.45) is 0 Å². The molecule has 1 nitrogen and oxygen atoms in total. The molecular formula is C11H9NS2. The second-order valence-corrected chi connectivity index (χ2v) is 5.09. The lowest BCUT2D eigenvalue weighted by atomic mass is 10.2. The molecule has 0 aromatic rings. The first-order chi connectivity index (χ1) is 6.93. The molecule has 0 radical (unpaired) electrons. The highest BCUT2D eigenvalue weighted by atomic mass is 32.2. The quantitative estimate of drug-likeness (QED) is 0.670. The van der Waals surface area contributed by atoms with E-state index in [2.05, 4.69) is 40.4 Å². The monoisotopic (exact) mass is 219 g/mol. The van der Waals surface area contributed by atoms with Crippen LogP contribution in [0, 0.1) is 0 Å². The first-order valence-electron chi connectivity index (χ1n) is 4.51. The van der Waals surface area contributed by atoms with E-state index in [1.807, 2.05) is 0 Å². The van der Waals surface area contributed by atoms with Crippen molar-refractivity contribution >= 4 is 23.5 Å². The number of hydrogen-bond acceptors (Lipinski definition) is 3. The molecule has 1 N–H and O–H groups in total. The lowest BCUT2D eigenvalue weighted by Crippen LogP contribution is -2.19. The van der Waals surface area contributed by atoms with E-state index in [0.29, 0.717) is 0 Å². The Labute approximate surface area is 91.7 Å². The zero-order valence-corrected chi connectivity index (χ0v) is 9.12. The number of thioether (sulfide) groups is 2. The Bertz CT molecular complexity index is 425. The first-order valence-corrected chi connectivity index (χ1v) is 6.27. The predicted molar refractivity (Wildman–Crippen MR) is 64.4 cm³/mol. The van der Waals surface area contributed by atoms with Gasteiger partial charge in [0.15, 0.2) is 0 Å². The fourth-order valence-corrected chi connectivity index (χ4v) is 3.20. The van der Waals surface area contributed by atoms with Gasteiger partial charge in [0.05, 0.1) is 5.70 Å². The molecule has 3 aliphatic rings. The maximum atomic E-state index is 3.49. The molecule has 0 aromatic heterocycles. The molecule has 3 aliphatic heterocycles. The summed E-state index contributed by atoms with van der Waals surface area (Å²) in [6.07, 6.45) is 9.72. The highest BCUT2D eigenvalue weighted by Crippen LogP contribution is 2.39. The van der Waals surface area contributed by atoms with Gasteiger partial charge in [-0.15, -0.1) is 0 Å². The van der Waals surface area contributed by atoms with Crippen LogP contribution >= 0.6 is 23.5 Å². The topological polar surface area (TPSA) is 12.0 Å². The summed E-state index contributed by atoms with van der Waals surface area (Å²) in [5.41, 5.74) is 2.58. The Morgan fingerprint density at radius 2 is 2.21 bits per heavy atom. The summed E-state index contributed by atoms with van der Waals surface area (Å²) in [6, 6.07) is 0. The summed E-state index contributed by atoms with van der Waals surface area (Å²) in [7, 11) is 0. The zero-order chi connectivity index (χ0) is 9.38. The molecule has 70 valence electrons. The number of fused-ring (bicyclic) bond motifs is 1. The number of dihydropyridines is 1. The molecule has 0 spiro atoms. The lowest BCUT2D eigenvalue weighted by Gasteiger charge is -2.25. The Kier molecular flexibility index (Phi) is 2.07. The van der Waals surface area contributed by atoms with Gasteiger partial charge in [-0.1, -0.05) is 35.7 Å². The van der Waals surface area contributed by atoms with Crippen LogP contribution in [0.25, 0.3) is 0 Å². The molecule has 0 amide bonds. The van der Waals surface area contributed by atoms with Crippen LogP contribution in [0.15, 0.2) is 56.3 Å². The van der Waals surface area contributed by atoms with E-state index in [1.165, 1.54) is 21.2 Å². The summed E-state index contributed by atoms with van der Waals surface area (Å²) >= 11 is 3.58. The minimum atomic E-state index is 1.03. The van der Waals surface area contributed by atoms with Gasteiger partial charge in [-0.3, -0.25) is 0 Å². The van der Waals surface area contributed by atoms with Crippen molar-refractivity contribution in [3.63, 3.8) is 0 Å². The van der Waals surface area contributed by atoms with Crippen molar-refractivity contribution in [2.75, 3.05) is 0 Å². The van der Waals surface area contributed by atoms with Gasteiger partial charge in [-0.25, -0.2) is 0 Å². The van der Waals surface area contributed by atoms with Crippen LogP contribution in [-0.4, -0.2) is 0 Å². The van der Waals surface area contributed by atoms with Crippen LogP contribution in [0.1, 0.15) is 6.42 Å². The third-order valence-corrected chi connectivity index (χ3v) is 4.09. The predicted octanol–water partition coefficient (Wildman–Crippen LogP) is 3.48. The van der Waals surface area contributed by atoms with E-state index in [1.54, 1.807) is 23.5 Å². The molecule has 3 heteroatoms. The van der Waals surface area contributed by atoms with Gasteiger partial charge in [-0.05, 0) is 23.0 Å². The van der Waals surface area contributed by atoms with Crippen molar-refractivity contribution < 1.29 is 0 Å². The molecule has 0 atom stereocenters. The molecule has 0 aliphatic carbocycles. The molecular weight excluding hydrogens is 210 g/mol. The van der Waals surface area contributed by atoms with Gasteiger partial charge in [-0.2, -0.15) is 0 Å². The number of nitrogens with one attached hydrogen (secondary N) is 1. The average molecular weight is 219 g/mol. The summed E-state index contributed by atoms with van der Waals surface area (Å²) in [6.45, 7) is 0. The highest BCUT2D eigenvalue weighted by Gasteiger charge is 2.18. The van der Waals surface area contributed by atoms with E-state index < -0.39 is 0 Å². The molecule has 0 saturated heterocycles. The largest absolute Gasteiger partial charge is 0.357 e. The summed E-state index contributed by atoms with van der Waals surface area (Å²) in [5, 5.41) is 7.76. The number of allylic oxidation sites excluding steroid dienone is 4. The standard InChI is InChI=1S/C11H9NS2/c1-3-8-10(13-5-1)7-11-9(12-8)4-2-6-14-11/h1-3,5-7,12H,4H2. The Morgan fingerprint density at radius 3 is 3.21 bits per heavy atom. The Hall–Kier alpha value is -0.800. The maximum absolute atomic E-state index is 3.49. The SMILES string of the molecule is C1=CSC2=CC3=C(CC=CS3)NC2=C1. The molecule has 0 unspecified atom stereocenters. The van der Waals surface area contributed by atoms with Gasteiger partial charge in [0.2, 0.25) is 0 Å². The van der Waals surface area contributed by atoms with Crippen molar-refractivity contribution in [1.29, 1.82) is 0 Å². The summed E-state index contributed by atoms with van der Waals surface area (Å²) in [4.78, 5) is 2.69. The number of rotatable bonds is 0. The van der Waals surface area contributed by atoms with Gasteiger partial charge in [0.1, 0.15) is 0 Å². The van der Waals surface area contributed by atoms with Gasteiger partial charge in [0, 0.05) is 21.9 Å². The maximum Gasteiger partial charge on any atom is 0.0524 e. The molecule has 0 fully saturated rings. The van der Waals surface area contributed by atoms with Gasteiger partial charge < -0.3 is 5.32 Å². The Balaban J connectivity index is 2.00. The van der Waals surface area contributed by atoms with E-state index in [-0.39, 0.29) is 0 Å². The normalized spacial score (nSPS) is 23.4. The molecule has 0 saturated carbocycles. The van der Waals surface area contributed by atoms with Crippen LogP contribution in [0.4, 0.5) is 0 Å².